The molecule has 0 aromatic rings. The molecule has 0 aromatic carbocycles. The predicted molar refractivity (Wildman–Crippen MR) is 91.9 cm³/mol. The number of unbranched alkanes of at least 4 members (excludes halogenated alkanes) is 4. The molecule has 20 heavy (non-hydrogen) atoms. The Morgan fingerprint density at radius 3 is 1.85 bits per heavy atom. The number of rotatable bonds is 12. The van der Waals surface area contributed by atoms with Gasteiger partial charge in [0, 0.05) is 6.42 Å². The van der Waals surface area contributed by atoms with E-state index in [9.17, 15) is 0 Å². The van der Waals surface area contributed by atoms with Gasteiger partial charge in [-0.3, -0.25) is 0 Å². The van der Waals surface area contributed by atoms with Crippen molar-refractivity contribution in [3.05, 3.63) is 0 Å². The van der Waals surface area contributed by atoms with E-state index in [4.69, 9.17) is 0 Å². The number of hydrogen-bond acceptors (Lipinski definition) is 0. The van der Waals surface area contributed by atoms with Crippen LogP contribution in [0.3, 0.4) is 0 Å². The van der Waals surface area contributed by atoms with Crippen LogP contribution in [0.2, 0.25) is 0 Å². The first-order chi connectivity index (χ1) is 9.29. The molecule has 0 aromatic heterocycles. The van der Waals surface area contributed by atoms with Gasteiger partial charge in [-0.2, -0.15) is 0 Å². The Bertz CT molecular complexity index is 234. The Kier molecular flexibility index (Phi) is 9.74. The summed E-state index contributed by atoms with van der Waals surface area (Å²) in [5, 5.41) is 0. The molecule has 0 saturated heterocycles. The standard InChI is InChI=1S/C18H42N2/c1-8-11-13-14-16-19(4,5)17-18(15-12-9-2)20(6,7)10-3/h18H,8-17H2,1-7H3/q+2. The maximum Gasteiger partial charge on any atom is 0.138 e. The van der Waals surface area contributed by atoms with Gasteiger partial charge in [-0.15, -0.1) is 0 Å². The second kappa shape index (κ2) is 9.78. The Labute approximate surface area is 129 Å². The van der Waals surface area contributed by atoms with E-state index in [1.165, 1.54) is 73.5 Å². The van der Waals surface area contributed by atoms with E-state index in [2.05, 4.69) is 49.0 Å². The van der Waals surface area contributed by atoms with Crippen LogP contribution >= 0.6 is 0 Å². The lowest BCUT2D eigenvalue weighted by molar-refractivity contribution is -0.964. The summed E-state index contributed by atoms with van der Waals surface area (Å²) in [5.74, 6) is 0. The van der Waals surface area contributed by atoms with Crippen molar-refractivity contribution in [3.8, 4) is 0 Å². The Morgan fingerprint density at radius 1 is 0.750 bits per heavy atom. The van der Waals surface area contributed by atoms with E-state index in [1.54, 1.807) is 0 Å². The van der Waals surface area contributed by atoms with Crippen LogP contribution < -0.4 is 0 Å². The third-order valence-electron chi connectivity index (χ3n) is 5.02. The molecule has 0 fully saturated rings. The smallest absolute Gasteiger partial charge is 0.138 e. The van der Waals surface area contributed by atoms with Gasteiger partial charge in [-0.1, -0.05) is 33.1 Å². The van der Waals surface area contributed by atoms with E-state index in [0.717, 1.165) is 6.04 Å². The molecule has 2 nitrogen and oxygen atoms in total. The van der Waals surface area contributed by atoms with Crippen molar-refractivity contribution < 1.29 is 8.97 Å². The zero-order valence-corrected chi connectivity index (χ0v) is 15.5. The van der Waals surface area contributed by atoms with Crippen LogP contribution in [0.1, 0.15) is 65.7 Å². The van der Waals surface area contributed by atoms with Gasteiger partial charge < -0.3 is 8.97 Å². The summed E-state index contributed by atoms with van der Waals surface area (Å²) in [4.78, 5) is 0. The number of hydrogen-bond donors (Lipinski definition) is 0. The second-order valence-corrected chi connectivity index (χ2v) is 7.79. The highest BCUT2D eigenvalue weighted by Crippen LogP contribution is 2.18. The zero-order chi connectivity index (χ0) is 15.6. The summed E-state index contributed by atoms with van der Waals surface area (Å²) in [6.07, 6.45) is 9.62. The van der Waals surface area contributed by atoms with Gasteiger partial charge >= 0.3 is 0 Å². The average Bonchev–Trinajstić information content (AvgIpc) is 2.39. The van der Waals surface area contributed by atoms with Gasteiger partial charge in [0.2, 0.25) is 0 Å². The highest BCUT2D eigenvalue weighted by atomic mass is 15.4. The number of nitrogens with zero attached hydrogens (tertiary/aromatic N) is 2. The SMILES string of the molecule is CCCCCC[N+](C)(C)CC(CCCC)[N+](C)(C)CC. The molecule has 0 radical (unpaired) electrons. The minimum atomic E-state index is 0.807. The van der Waals surface area contributed by atoms with Crippen LogP contribution in [0, 0.1) is 0 Å². The molecule has 0 aliphatic heterocycles. The van der Waals surface area contributed by atoms with Crippen molar-refractivity contribution in [3.63, 3.8) is 0 Å². The molecule has 2 heteroatoms. The van der Waals surface area contributed by atoms with Crippen molar-refractivity contribution in [2.45, 2.75) is 71.8 Å². The molecule has 122 valence electrons. The lowest BCUT2D eigenvalue weighted by atomic mass is 10.0. The van der Waals surface area contributed by atoms with E-state index in [1.807, 2.05) is 0 Å². The van der Waals surface area contributed by atoms with Crippen molar-refractivity contribution in [2.24, 2.45) is 0 Å². The van der Waals surface area contributed by atoms with Crippen LogP contribution in [0.25, 0.3) is 0 Å². The Morgan fingerprint density at radius 2 is 1.35 bits per heavy atom. The van der Waals surface area contributed by atoms with Gasteiger partial charge in [0.1, 0.15) is 12.6 Å². The third-order valence-corrected chi connectivity index (χ3v) is 5.02. The van der Waals surface area contributed by atoms with Crippen molar-refractivity contribution >= 4 is 0 Å². The normalized spacial score (nSPS) is 14.6. The lowest BCUT2D eigenvalue weighted by Crippen LogP contribution is -2.57. The van der Waals surface area contributed by atoms with Crippen molar-refractivity contribution in [1.29, 1.82) is 0 Å². The van der Waals surface area contributed by atoms with Crippen LogP contribution in [-0.4, -0.2) is 62.8 Å². The van der Waals surface area contributed by atoms with Crippen molar-refractivity contribution in [1.82, 2.24) is 0 Å². The largest absolute Gasteiger partial charge is 0.324 e. The Hall–Kier alpha value is -0.0800. The molecule has 0 spiro atoms. The minimum absolute atomic E-state index is 0.807. The zero-order valence-electron chi connectivity index (χ0n) is 15.5. The summed E-state index contributed by atoms with van der Waals surface area (Å²) in [7, 11) is 9.69. The van der Waals surface area contributed by atoms with Crippen LogP contribution in [0.5, 0.6) is 0 Å². The second-order valence-electron chi connectivity index (χ2n) is 7.79. The fourth-order valence-electron chi connectivity index (χ4n) is 2.99. The molecule has 0 rings (SSSR count). The lowest BCUT2D eigenvalue weighted by Gasteiger charge is -2.42. The van der Waals surface area contributed by atoms with Crippen molar-refractivity contribution in [2.75, 3.05) is 47.8 Å². The topological polar surface area (TPSA) is 0 Å². The first-order valence-corrected chi connectivity index (χ1v) is 8.93. The maximum atomic E-state index is 2.43. The molecule has 0 aliphatic rings. The molecular formula is C18H42N2+2. The first-order valence-electron chi connectivity index (χ1n) is 8.93. The quantitative estimate of drug-likeness (QED) is 0.371. The minimum Gasteiger partial charge on any atom is -0.324 e. The summed E-state index contributed by atoms with van der Waals surface area (Å²) in [5.41, 5.74) is 0. The highest BCUT2D eigenvalue weighted by molar-refractivity contribution is 4.59. The molecule has 1 unspecified atom stereocenters. The van der Waals surface area contributed by atoms with Gasteiger partial charge in [-0.25, -0.2) is 0 Å². The van der Waals surface area contributed by atoms with Gasteiger partial charge in [0.25, 0.3) is 0 Å². The van der Waals surface area contributed by atoms with Gasteiger partial charge in [0.05, 0.1) is 41.3 Å². The number of quaternary nitrogens is 2. The molecule has 1 atom stereocenters. The van der Waals surface area contributed by atoms with E-state index in [-0.39, 0.29) is 0 Å². The highest BCUT2D eigenvalue weighted by Gasteiger charge is 2.32. The molecule has 0 bridgehead atoms. The summed E-state index contributed by atoms with van der Waals surface area (Å²) in [6, 6.07) is 0.807. The van der Waals surface area contributed by atoms with E-state index in [0.29, 0.717) is 0 Å². The first kappa shape index (κ1) is 19.9. The van der Waals surface area contributed by atoms with E-state index >= 15 is 0 Å². The molecule has 0 aliphatic carbocycles. The molecule has 0 heterocycles. The monoisotopic (exact) mass is 286 g/mol. The van der Waals surface area contributed by atoms with Gasteiger partial charge in [-0.05, 0) is 26.2 Å². The third kappa shape index (κ3) is 8.26. The summed E-state index contributed by atoms with van der Waals surface area (Å²) in [6.45, 7) is 10.8. The van der Waals surface area contributed by atoms with Crippen LogP contribution in [0.4, 0.5) is 0 Å². The fraction of sp³-hybridized carbons (Fsp3) is 1.00. The predicted octanol–water partition coefficient (Wildman–Crippen LogP) is 4.30. The summed E-state index contributed by atoms with van der Waals surface area (Å²) < 4.78 is 2.37. The maximum absolute atomic E-state index is 2.43. The van der Waals surface area contributed by atoms with E-state index < -0.39 is 0 Å². The average molecular weight is 287 g/mol. The molecule has 0 saturated carbocycles. The molecule has 0 N–H and O–H groups in total. The fourth-order valence-corrected chi connectivity index (χ4v) is 2.99. The van der Waals surface area contributed by atoms with Crippen LogP contribution in [0.15, 0.2) is 0 Å². The molecule has 0 amide bonds. The summed E-state index contributed by atoms with van der Waals surface area (Å²) >= 11 is 0. The Balaban J connectivity index is 4.45. The number of likely N-dealkylation sites (N-methyl/N-ethyl adjacent to an activating group) is 2. The molecular weight excluding hydrogens is 244 g/mol. The van der Waals surface area contributed by atoms with Gasteiger partial charge in [0.15, 0.2) is 0 Å². The van der Waals surface area contributed by atoms with Crippen LogP contribution in [-0.2, 0) is 0 Å².